The molecule has 0 amide bonds. The predicted octanol–water partition coefficient (Wildman–Crippen LogP) is 2.95. The van der Waals surface area contributed by atoms with E-state index in [9.17, 15) is 15.2 Å². The average molecular weight is 352 g/mol. The molecule has 2 heterocycles. The maximum atomic E-state index is 10.9. The first-order chi connectivity index (χ1) is 12.5. The molecule has 0 saturated carbocycles. The molecule has 0 atom stereocenters. The number of non-ortho nitro benzene ring substituents is 1. The highest BCUT2D eigenvalue weighted by atomic mass is 16.6. The second-order valence-corrected chi connectivity index (χ2v) is 6.82. The van der Waals surface area contributed by atoms with E-state index in [0.29, 0.717) is 24.9 Å². The van der Waals surface area contributed by atoms with E-state index in [4.69, 9.17) is 0 Å². The van der Waals surface area contributed by atoms with Crippen molar-refractivity contribution in [3.05, 3.63) is 70.0 Å². The fourth-order valence-corrected chi connectivity index (χ4v) is 3.57. The number of nitrogens with one attached hydrogen (secondary N) is 1. The summed E-state index contributed by atoms with van der Waals surface area (Å²) in [5.41, 5.74) is 1.65. The summed E-state index contributed by atoms with van der Waals surface area (Å²) in [5, 5.41) is 21.8. The number of likely N-dealkylation sites (tertiary alicyclic amines) is 1. The fraction of sp³-hybridized carbons (Fsp3) is 0.316. The molecule has 0 spiro atoms. The quantitative estimate of drug-likeness (QED) is 0.556. The topological polar surface area (TPSA) is 95.3 Å². The Hall–Kier alpha value is -2.77. The Bertz CT molecular complexity index is 930. The Balaban J connectivity index is 1.44. The van der Waals surface area contributed by atoms with Gasteiger partial charge in [0.1, 0.15) is 5.82 Å². The maximum Gasteiger partial charge on any atom is 0.271 e. The van der Waals surface area contributed by atoms with Crippen LogP contribution in [0.25, 0.3) is 11.0 Å². The first-order valence-electron chi connectivity index (χ1n) is 8.67. The van der Waals surface area contributed by atoms with Crippen LogP contribution < -0.4 is 0 Å². The van der Waals surface area contributed by atoms with E-state index in [-0.39, 0.29) is 5.69 Å². The van der Waals surface area contributed by atoms with Gasteiger partial charge in [0.25, 0.3) is 5.69 Å². The fourth-order valence-electron chi connectivity index (χ4n) is 3.57. The molecule has 2 aromatic carbocycles. The van der Waals surface area contributed by atoms with E-state index in [0.717, 1.165) is 30.0 Å². The molecule has 0 bridgehead atoms. The van der Waals surface area contributed by atoms with E-state index in [1.54, 1.807) is 6.07 Å². The van der Waals surface area contributed by atoms with Crippen LogP contribution in [0.5, 0.6) is 0 Å². The van der Waals surface area contributed by atoms with E-state index in [1.165, 1.54) is 12.1 Å². The zero-order valence-electron chi connectivity index (χ0n) is 14.3. The summed E-state index contributed by atoms with van der Waals surface area (Å²) in [4.78, 5) is 20.4. The number of rotatable bonds is 4. The van der Waals surface area contributed by atoms with Gasteiger partial charge in [-0.2, -0.15) is 0 Å². The van der Waals surface area contributed by atoms with Gasteiger partial charge in [-0.25, -0.2) is 4.98 Å². The highest BCUT2D eigenvalue weighted by Crippen LogP contribution is 2.33. The van der Waals surface area contributed by atoms with E-state index < -0.39 is 10.5 Å². The SMILES string of the molecule is O=[N+]([O-])c1ccc2nc(CN3CCC(O)(c4ccccc4)CC3)[nH]c2c1. The Labute approximate surface area is 150 Å². The summed E-state index contributed by atoms with van der Waals surface area (Å²) >= 11 is 0. The van der Waals surface area contributed by atoms with Gasteiger partial charge in [-0.1, -0.05) is 30.3 Å². The van der Waals surface area contributed by atoms with Gasteiger partial charge >= 0.3 is 0 Å². The normalized spacial score (nSPS) is 17.4. The maximum absolute atomic E-state index is 10.9. The Kier molecular flexibility index (Phi) is 4.18. The molecule has 1 fully saturated rings. The smallest absolute Gasteiger partial charge is 0.271 e. The summed E-state index contributed by atoms with van der Waals surface area (Å²) in [7, 11) is 0. The van der Waals surface area contributed by atoms with Crippen LogP contribution in [0.15, 0.2) is 48.5 Å². The lowest BCUT2D eigenvalue weighted by Gasteiger charge is -2.38. The van der Waals surface area contributed by atoms with Crippen LogP contribution in [0.3, 0.4) is 0 Å². The van der Waals surface area contributed by atoms with E-state index >= 15 is 0 Å². The van der Waals surface area contributed by atoms with Gasteiger partial charge in [-0.05, 0) is 24.5 Å². The van der Waals surface area contributed by atoms with Crippen molar-refractivity contribution in [2.75, 3.05) is 13.1 Å². The number of imidazole rings is 1. The molecule has 0 radical (unpaired) electrons. The van der Waals surface area contributed by atoms with Crippen LogP contribution in [0.4, 0.5) is 5.69 Å². The number of piperidine rings is 1. The molecule has 1 aliphatic heterocycles. The second kappa shape index (κ2) is 6.51. The van der Waals surface area contributed by atoms with Crippen LogP contribution in [0.1, 0.15) is 24.2 Å². The van der Waals surface area contributed by atoms with Crippen molar-refractivity contribution in [1.82, 2.24) is 14.9 Å². The number of nitro groups is 1. The molecule has 3 aromatic rings. The molecule has 7 nitrogen and oxygen atoms in total. The average Bonchev–Trinajstić information content (AvgIpc) is 3.06. The molecule has 2 N–H and O–H groups in total. The van der Waals surface area contributed by atoms with Crippen molar-refractivity contribution in [3.63, 3.8) is 0 Å². The number of hydrogen-bond donors (Lipinski definition) is 2. The highest BCUT2D eigenvalue weighted by Gasteiger charge is 2.33. The van der Waals surface area contributed by atoms with Gasteiger partial charge in [0.15, 0.2) is 0 Å². The molecule has 26 heavy (non-hydrogen) atoms. The third kappa shape index (κ3) is 3.18. The standard InChI is InChI=1S/C19H20N4O3/c24-19(14-4-2-1-3-5-14)8-10-22(11-9-19)13-18-20-16-7-6-15(23(25)26)12-17(16)21-18/h1-7,12,24H,8-11,13H2,(H,20,21). The summed E-state index contributed by atoms with van der Waals surface area (Å²) < 4.78 is 0. The van der Waals surface area contributed by atoms with Gasteiger partial charge in [-0.3, -0.25) is 15.0 Å². The van der Waals surface area contributed by atoms with Crippen molar-refractivity contribution in [3.8, 4) is 0 Å². The largest absolute Gasteiger partial charge is 0.385 e. The minimum absolute atomic E-state index is 0.0543. The van der Waals surface area contributed by atoms with Crippen LogP contribution in [-0.4, -0.2) is 38.0 Å². The van der Waals surface area contributed by atoms with E-state index in [1.807, 2.05) is 30.3 Å². The molecule has 4 rings (SSSR count). The van der Waals surface area contributed by atoms with Crippen LogP contribution in [0, 0.1) is 10.1 Å². The molecular weight excluding hydrogens is 332 g/mol. The summed E-state index contributed by atoms with van der Waals surface area (Å²) in [5.74, 6) is 0.783. The van der Waals surface area contributed by atoms with Gasteiger partial charge < -0.3 is 10.1 Å². The van der Waals surface area contributed by atoms with Gasteiger partial charge in [-0.15, -0.1) is 0 Å². The van der Waals surface area contributed by atoms with Crippen molar-refractivity contribution < 1.29 is 10.0 Å². The Morgan fingerprint density at radius 1 is 1.19 bits per heavy atom. The third-order valence-corrected chi connectivity index (χ3v) is 5.09. The molecule has 1 aliphatic rings. The van der Waals surface area contributed by atoms with Gasteiger partial charge in [0, 0.05) is 25.2 Å². The molecule has 0 aliphatic carbocycles. The number of aromatic nitrogens is 2. The second-order valence-electron chi connectivity index (χ2n) is 6.82. The Morgan fingerprint density at radius 3 is 2.62 bits per heavy atom. The minimum Gasteiger partial charge on any atom is -0.385 e. The number of aromatic amines is 1. The van der Waals surface area contributed by atoms with Crippen LogP contribution in [-0.2, 0) is 12.1 Å². The zero-order chi connectivity index (χ0) is 18.1. The minimum atomic E-state index is -0.772. The lowest BCUT2D eigenvalue weighted by Crippen LogP contribution is -2.42. The molecule has 7 heteroatoms. The third-order valence-electron chi connectivity index (χ3n) is 5.09. The number of nitrogens with zero attached hydrogens (tertiary/aromatic N) is 3. The monoisotopic (exact) mass is 352 g/mol. The summed E-state index contributed by atoms with van der Waals surface area (Å²) in [6, 6.07) is 14.4. The van der Waals surface area contributed by atoms with Crippen molar-refractivity contribution in [1.29, 1.82) is 0 Å². The first-order valence-corrected chi connectivity index (χ1v) is 8.67. The van der Waals surface area contributed by atoms with Crippen molar-refractivity contribution >= 4 is 16.7 Å². The number of nitro benzene ring substituents is 1. The first kappa shape index (κ1) is 16.7. The molecular formula is C19H20N4O3. The number of hydrogen-bond acceptors (Lipinski definition) is 5. The van der Waals surface area contributed by atoms with Crippen molar-refractivity contribution in [2.24, 2.45) is 0 Å². The van der Waals surface area contributed by atoms with Gasteiger partial charge in [0.05, 0.1) is 28.1 Å². The van der Waals surface area contributed by atoms with Crippen LogP contribution in [0.2, 0.25) is 0 Å². The van der Waals surface area contributed by atoms with Gasteiger partial charge in [0.2, 0.25) is 0 Å². The molecule has 1 saturated heterocycles. The Morgan fingerprint density at radius 2 is 1.92 bits per heavy atom. The number of aliphatic hydroxyl groups is 1. The lowest BCUT2D eigenvalue weighted by atomic mass is 9.84. The molecule has 1 aromatic heterocycles. The van der Waals surface area contributed by atoms with E-state index in [2.05, 4.69) is 14.9 Å². The number of H-pyrrole nitrogens is 1. The summed E-state index contributed by atoms with van der Waals surface area (Å²) in [6.07, 6.45) is 1.34. The summed E-state index contributed by atoms with van der Waals surface area (Å²) in [6.45, 7) is 2.17. The van der Waals surface area contributed by atoms with Crippen molar-refractivity contribution in [2.45, 2.75) is 25.0 Å². The molecule has 134 valence electrons. The lowest BCUT2D eigenvalue weighted by molar-refractivity contribution is -0.384. The predicted molar refractivity (Wildman–Crippen MR) is 97.6 cm³/mol. The highest BCUT2D eigenvalue weighted by molar-refractivity contribution is 5.77. The molecule has 0 unspecified atom stereocenters. The zero-order valence-corrected chi connectivity index (χ0v) is 14.3. The number of fused-ring (bicyclic) bond motifs is 1. The van der Waals surface area contributed by atoms with Crippen LogP contribution >= 0.6 is 0 Å². The number of benzene rings is 2.